The largest absolute Gasteiger partial charge is 0.377 e. The molecule has 0 saturated carbocycles. The molecule has 2 heterocycles. The number of hydrogen-bond acceptors (Lipinski definition) is 5. The summed E-state index contributed by atoms with van der Waals surface area (Å²) < 4.78 is 5.35. The number of nitrogens with one attached hydrogen (secondary N) is 3. The van der Waals surface area contributed by atoms with Crippen molar-refractivity contribution in [1.82, 2.24) is 20.5 Å². The molecule has 0 unspecified atom stereocenters. The lowest BCUT2D eigenvalue weighted by molar-refractivity contribution is 0.0745. The maximum absolute atomic E-state index is 12.2. The number of pyridine rings is 1. The van der Waals surface area contributed by atoms with Crippen LogP contribution >= 0.6 is 0 Å². The van der Waals surface area contributed by atoms with Crippen LogP contribution in [0.3, 0.4) is 0 Å². The molecule has 3 N–H and O–H groups in total. The molecule has 0 atom stereocenters. The van der Waals surface area contributed by atoms with E-state index >= 15 is 0 Å². The van der Waals surface area contributed by atoms with Crippen LogP contribution in [-0.4, -0.2) is 46.3 Å². The van der Waals surface area contributed by atoms with Crippen molar-refractivity contribution in [1.29, 1.82) is 0 Å². The van der Waals surface area contributed by atoms with E-state index in [1.54, 1.807) is 25.1 Å². The molecule has 0 aliphatic rings. The second-order valence-corrected chi connectivity index (χ2v) is 5.45. The maximum atomic E-state index is 12.2. The van der Waals surface area contributed by atoms with Gasteiger partial charge in [-0.1, -0.05) is 6.07 Å². The van der Waals surface area contributed by atoms with E-state index in [2.05, 4.69) is 25.8 Å². The van der Waals surface area contributed by atoms with Crippen molar-refractivity contribution < 1.29 is 14.3 Å². The summed E-state index contributed by atoms with van der Waals surface area (Å²) >= 11 is 0. The minimum atomic E-state index is -0.405. The highest BCUT2D eigenvalue weighted by molar-refractivity contribution is 6.07. The highest BCUT2D eigenvalue weighted by Crippen LogP contribution is 2.13. The van der Waals surface area contributed by atoms with Crippen molar-refractivity contribution in [2.24, 2.45) is 0 Å². The smallest absolute Gasteiger partial charge is 0.274 e. The lowest BCUT2D eigenvalue weighted by atomic mass is 10.3. The van der Waals surface area contributed by atoms with Gasteiger partial charge in [0.05, 0.1) is 24.6 Å². The molecule has 2 aromatic heterocycles. The molecule has 0 spiro atoms. The Kier molecular flexibility index (Phi) is 6.02. The SMILES string of the molecule is Cc1cccc(C(=O)Nc2cn[nH]c2C(=O)NCCOC(C)C)n1. The van der Waals surface area contributed by atoms with E-state index in [0.717, 1.165) is 5.69 Å². The molecule has 2 aromatic rings. The third-order valence-electron chi connectivity index (χ3n) is 3.07. The Bertz CT molecular complexity index is 711. The third-order valence-corrected chi connectivity index (χ3v) is 3.07. The number of anilines is 1. The van der Waals surface area contributed by atoms with Gasteiger partial charge in [0.2, 0.25) is 0 Å². The number of H-pyrrole nitrogens is 1. The molecule has 8 nitrogen and oxygen atoms in total. The summed E-state index contributed by atoms with van der Waals surface area (Å²) in [6, 6.07) is 5.15. The normalized spacial score (nSPS) is 10.7. The number of amides is 2. The minimum Gasteiger partial charge on any atom is -0.377 e. The van der Waals surface area contributed by atoms with E-state index in [4.69, 9.17) is 4.74 Å². The average molecular weight is 331 g/mol. The fourth-order valence-corrected chi connectivity index (χ4v) is 1.96. The van der Waals surface area contributed by atoms with Crippen LogP contribution in [0.2, 0.25) is 0 Å². The Morgan fingerprint density at radius 2 is 2.08 bits per heavy atom. The van der Waals surface area contributed by atoms with Crippen molar-refractivity contribution in [2.75, 3.05) is 18.5 Å². The average Bonchev–Trinajstić information content (AvgIpc) is 2.99. The first-order valence-electron chi connectivity index (χ1n) is 7.65. The molecule has 0 aliphatic heterocycles. The maximum Gasteiger partial charge on any atom is 0.274 e. The molecule has 24 heavy (non-hydrogen) atoms. The van der Waals surface area contributed by atoms with Gasteiger partial charge in [0.1, 0.15) is 11.4 Å². The van der Waals surface area contributed by atoms with E-state index in [9.17, 15) is 9.59 Å². The molecule has 2 rings (SSSR count). The lowest BCUT2D eigenvalue weighted by Gasteiger charge is -2.09. The van der Waals surface area contributed by atoms with Gasteiger partial charge in [-0.25, -0.2) is 4.98 Å². The van der Waals surface area contributed by atoms with Crippen LogP contribution < -0.4 is 10.6 Å². The molecule has 0 saturated heterocycles. The van der Waals surface area contributed by atoms with Gasteiger partial charge in [-0.2, -0.15) is 5.10 Å². The molecule has 2 amide bonds. The predicted octanol–water partition coefficient (Wildman–Crippen LogP) is 1.52. The third kappa shape index (κ3) is 4.88. The first kappa shape index (κ1) is 17.6. The zero-order chi connectivity index (χ0) is 17.5. The van der Waals surface area contributed by atoms with Gasteiger partial charge in [-0.3, -0.25) is 14.7 Å². The van der Waals surface area contributed by atoms with E-state index in [1.807, 2.05) is 13.8 Å². The second kappa shape index (κ2) is 8.21. The monoisotopic (exact) mass is 331 g/mol. The zero-order valence-corrected chi connectivity index (χ0v) is 13.9. The van der Waals surface area contributed by atoms with Gasteiger partial charge >= 0.3 is 0 Å². The van der Waals surface area contributed by atoms with Crippen LogP contribution in [0.5, 0.6) is 0 Å². The number of hydrogen-bond donors (Lipinski definition) is 3. The Morgan fingerprint density at radius 3 is 2.79 bits per heavy atom. The first-order valence-corrected chi connectivity index (χ1v) is 7.65. The summed E-state index contributed by atoms with van der Waals surface area (Å²) in [7, 11) is 0. The topological polar surface area (TPSA) is 109 Å². The summed E-state index contributed by atoms with van der Waals surface area (Å²) in [4.78, 5) is 28.5. The number of aromatic nitrogens is 3. The van der Waals surface area contributed by atoms with Gasteiger partial charge in [-0.05, 0) is 32.9 Å². The number of carbonyl (C=O) groups is 2. The van der Waals surface area contributed by atoms with Crippen LogP contribution in [-0.2, 0) is 4.74 Å². The van der Waals surface area contributed by atoms with Crippen LogP contribution in [0.25, 0.3) is 0 Å². The molecular weight excluding hydrogens is 310 g/mol. The Morgan fingerprint density at radius 1 is 1.29 bits per heavy atom. The van der Waals surface area contributed by atoms with Gasteiger partial charge < -0.3 is 15.4 Å². The van der Waals surface area contributed by atoms with E-state index < -0.39 is 5.91 Å². The Labute approximate surface area is 140 Å². The molecule has 0 aliphatic carbocycles. The zero-order valence-electron chi connectivity index (χ0n) is 13.9. The molecule has 0 bridgehead atoms. The van der Waals surface area contributed by atoms with Crippen LogP contribution in [0.15, 0.2) is 24.4 Å². The van der Waals surface area contributed by atoms with Crippen molar-refractivity contribution in [2.45, 2.75) is 26.9 Å². The van der Waals surface area contributed by atoms with E-state index in [1.165, 1.54) is 6.20 Å². The fraction of sp³-hybridized carbons (Fsp3) is 0.375. The second-order valence-electron chi connectivity index (χ2n) is 5.45. The highest BCUT2D eigenvalue weighted by Gasteiger charge is 2.17. The standard InChI is InChI=1S/C16H21N5O3/c1-10(2)24-8-7-17-16(23)14-13(9-18-21-14)20-15(22)12-6-4-5-11(3)19-12/h4-6,9-10H,7-8H2,1-3H3,(H,17,23)(H,18,21)(H,20,22). The van der Waals surface area contributed by atoms with Crippen molar-refractivity contribution in [3.63, 3.8) is 0 Å². The number of nitrogens with zero attached hydrogens (tertiary/aromatic N) is 2. The highest BCUT2D eigenvalue weighted by atomic mass is 16.5. The Balaban J connectivity index is 1.97. The van der Waals surface area contributed by atoms with Crippen LogP contribution in [0.1, 0.15) is 40.5 Å². The van der Waals surface area contributed by atoms with Gasteiger partial charge in [-0.15, -0.1) is 0 Å². The number of rotatable bonds is 7. The summed E-state index contributed by atoms with van der Waals surface area (Å²) in [5.41, 5.74) is 1.48. The molecule has 0 aromatic carbocycles. The summed E-state index contributed by atoms with van der Waals surface area (Å²) in [5, 5.41) is 11.7. The van der Waals surface area contributed by atoms with E-state index in [0.29, 0.717) is 18.8 Å². The van der Waals surface area contributed by atoms with Crippen molar-refractivity contribution in [3.8, 4) is 0 Å². The fourth-order valence-electron chi connectivity index (χ4n) is 1.96. The van der Waals surface area contributed by atoms with Crippen molar-refractivity contribution >= 4 is 17.5 Å². The molecule has 128 valence electrons. The molecule has 8 heteroatoms. The lowest BCUT2D eigenvalue weighted by Crippen LogP contribution is -2.29. The summed E-state index contributed by atoms with van der Waals surface area (Å²) in [6.07, 6.45) is 1.48. The molecular formula is C16H21N5O3. The van der Waals surface area contributed by atoms with Crippen LogP contribution in [0, 0.1) is 6.92 Å². The number of carbonyl (C=O) groups excluding carboxylic acids is 2. The van der Waals surface area contributed by atoms with Crippen molar-refractivity contribution in [3.05, 3.63) is 41.5 Å². The minimum absolute atomic E-state index is 0.103. The summed E-state index contributed by atoms with van der Waals surface area (Å²) in [5.74, 6) is -0.773. The number of ether oxygens (including phenoxy) is 1. The van der Waals surface area contributed by atoms with Gasteiger partial charge in [0.25, 0.3) is 11.8 Å². The summed E-state index contributed by atoms with van der Waals surface area (Å²) in [6.45, 7) is 6.41. The van der Waals surface area contributed by atoms with Gasteiger partial charge in [0, 0.05) is 12.2 Å². The Hall–Kier alpha value is -2.74. The quantitative estimate of drug-likeness (QED) is 0.667. The van der Waals surface area contributed by atoms with E-state index in [-0.39, 0.29) is 23.4 Å². The number of aryl methyl sites for hydroxylation is 1. The molecule has 0 radical (unpaired) electrons. The number of aromatic amines is 1. The first-order chi connectivity index (χ1) is 11.5. The predicted molar refractivity (Wildman–Crippen MR) is 88.9 cm³/mol. The van der Waals surface area contributed by atoms with Gasteiger partial charge in [0.15, 0.2) is 0 Å². The van der Waals surface area contributed by atoms with Crippen LogP contribution in [0.4, 0.5) is 5.69 Å². The molecule has 0 fully saturated rings.